The van der Waals surface area contributed by atoms with E-state index in [1.807, 2.05) is 19.0 Å². The molecule has 0 bridgehead atoms. The summed E-state index contributed by atoms with van der Waals surface area (Å²) >= 11 is 1.21. The molecule has 2 aromatic heterocycles. The lowest BCUT2D eigenvalue weighted by Gasteiger charge is -2.11. The van der Waals surface area contributed by atoms with Gasteiger partial charge in [-0.15, -0.1) is 0 Å². The van der Waals surface area contributed by atoms with Crippen LogP contribution in [0.5, 0.6) is 0 Å². The molecule has 2 N–H and O–H groups in total. The van der Waals surface area contributed by atoms with Gasteiger partial charge in [0.2, 0.25) is 0 Å². The van der Waals surface area contributed by atoms with Crippen LogP contribution >= 0.6 is 11.3 Å². The Morgan fingerprint density at radius 1 is 1.30 bits per heavy atom. The summed E-state index contributed by atoms with van der Waals surface area (Å²) in [7, 11) is -4.33. The molecule has 0 fully saturated rings. The number of fused-ring (bicyclic) bond motifs is 1. The maximum absolute atomic E-state index is 12.0. The van der Waals surface area contributed by atoms with E-state index < -0.39 is 25.4 Å². The average Bonchev–Trinajstić information content (AvgIpc) is 3.21. The Balaban J connectivity index is 1.79. The van der Waals surface area contributed by atoms with Crippen molar-refractivity contribution in [1.82, 2.24) is 9.62 Å². The quantitative estimate of drug-likeness (QED) is 0.622. The highest BCUT2D eigenvalue weighted by molar-refractivity contribution is 7.90. The van der Waals surface area contributed by atoms with E-state index >= 15 is 0 Å². The molecule has 1 atom stereocenters. The highest BCUT2D eigenvalue weighted by Gasteiger charge is 2.32. The second kappa shape index (κ2) is 7.36. The third kappa shape index (κ3) is 4.58. The van der Waals surface area contributed by atoms with Gasteiger partial charge in [-0.3, -0.25) is 14.3 Å². The summed E-state index contributed by atoms with van der Waals surface area (Å²) in [6, 6.07) is 3.39. The van der Waals surface area contributed by atoms with Crippen LogP contribution in [0.1, 0.15) is 17.1 Å². The summed E-state index contributed by atoms with van der Waals surface area (Å²) in [6.45, 7) is 0.247. The molecule has 12 heteroatoms. The summed E-state index contributed by atoms with van der Waals surface area (Å²) in [6.07, 6.45) is -0.0771. The molecule has 0 spiro atoms. The van der Waals surface area contributed by atoms with Gasteiger partial charge in [0.25, 0.3) is 20.1 Å². The van der Waals surface area contributed by atoms with Crippen LogP contribution < -0.4 is 4.72 Å². The van der Waals surface area contributed by atoms with Crippen molar-refractivity contribution in [2.45, 2.75) is 23.1 Å². The fourth-order valence-corrected chi connectivity index (χ4v) is 5.69. The summed E-state index contributed by atoms with van der Waals surface area (Å²) in [5, 5.41) is 1.85. The van der Waals surface area contributed by atoms with Crippen molar-refractivity contribution in [3.63, 3.8) is 0 Å². The first-order valence-electron chi connectivity index (χ1n) is 7.88. The summed E-state index contributed by atoms with van der Waals surface area (Å²) < 4.78 is 64.9. The zero-order valence-corrected chi connectivity index (χ0v) is 17.1. The van der Waals surface area contributed by atoms with Gasteiger partial charge in [-0.1, -0.05) is 0 Å². The van der Waals surface area contributed by atoms with Gasteiger partial charge in [0, 0.05) is 22.7 Å². The Labute approximate surface area is 161 Å². The third-order valence-corrected chi connectivity index (χ3v) is 7.32. The summed E-state index contributed by atoms with van der Waals surface area (Å²) in [5.74, 6) is 1.15. The Kier molecular flexibility index (Phi) is 5.45. The van der Waals surface area contributed by atoms with E-state index in [1.54, 1.807) is 17.5 Å². The van der Waals surface area contributed by atoms with Gasteiger partial charge in [0.1, 0.15) is 27.5 Å². The number of amidine groups is 1. The lowest BCUT2D eigenvalue weighted by atomic mass is 10.2. The molecular weight excluding hydrogens is 414 g/mol. The van der Waals surface area contributed by atoms with E-state index in [-0.39, 0.29) is 23.7 Å². The Morgan fingerprint density at radius 3 is 2.67 bits per heavy atom. The van der Waals surface area contributed by atoms with Crippen LogP contribution in [0.3, 0.4) is 0 Å². The molecule has 3 heterocycles. The standard InChI is InChI=1S/C15H19N3O6S3/c1-18(2)7-11-4-3-10(24-11)5-12(27(21,22)23)6-16-15-13-8-25-9-14(13)26(19,20)17-15/h3-4,8-9,12H,5-7H2,1-2H3,(H,16,17)(H,21,22,23). The van der Waals surface area contributed by atoms with Crippen molar-refractivity contribution in [2.24, 2.45) is 4.99 Å². The van der Waals surface area contributed by atoms with Crippen molar-refractivity contribution in [3.8, 4) is 0 Å². The van der Waals surface area contributed by atoms with E-state index in [9.17, 15) is 21.4 Å². The normalized spacial score (nSPS) is 18.6. The first-order valence-corrected chi connectivity index (χ1v) is 11.8. The molecule has 0 aromatic carbocycles. The summed E-state index contributed by atoms with van der Waals surface area (Å²) in [4.78, 5) is 6.12. The molecule has 148 valence electrons. The smallest absolute Gasteiger partial charge is 0.270 e. The molecule has 1 unspecified atom stereocenters. The molecule has 0 saturated heterocycles. The third-order valence-electron chi connectivity index (χ3n) is 3.89. The molecule has 0 aliphatic carbocycles. The molecule has 0 radical (unpaired) electrons. The van der Waals surface area contributed by atoms with Gasteiger partial charge in [0.15, 0.2) is 0 Å². The van der Waals surface area contributed by atoms with Crippen molar-refractivity contribution in [2.75, 3.05) is 20.6 Å². The van der Waals surface area contributed by atoms with Crippen molar-refractivity contribution in [1.29, 1.82) is 0 Å². The molecule has 9 nitrogen and oxygen atoms in total. The minimum atomic E-state index is -4.41. The van der Waals surface area contributed by atoms with E-state index in [4.69, 9.17) is 4.42 Å². The van der Waals surface area contributed by atoms with Crippen LogP contribution in [0.25, 0.3) is 0 Å². The molecular formula is C15H19N3O6S3. The topological polar surface area (TPSA) is 129 Å². The molecule has 2 aromatic rings. The molecule has 0 saturated carbocycles. The number of hydrogen-bond donors (Lipinski definition) is 2. The SMILES string of the molecule is CN(C)Cc1ccc(CC(CN=C2NS(=O)(=O)c3cscc32)S(=O)(=O)O)o1. The molecule has 3 rings (SSSR count). The minimum Gasteiger partial charge on any atom is -0.465 e. The largest absolute Gasteiger partial charge is 0.465 e. The molecule has 1 aliphatic heterocycles. The highest BCUT2D eigenvalue weighted by Crippen LogP contribution is 2.26. The van der Waals surface area contributed by atoms with Gasteiger partial charge in [-0.05, 0) is 26.2 Å². The van der Waals surface area contributed by atoms with Crippen LogP contribution in [0.2, 0.25) is 0 Å². The van der Waals surface area contributed by atoms with E-state index in [0.29, 0.717) is 23.6 Å². The average molecular weight is 434 g/mol. The van der Waals surface area contributed by atoms with Crippen molar-refractivity contribution >= 4 is 37.3 Å². The number of sulfonamides is 1. The van der Waals surface area contributed by atoms with Gasteiger partial charge in [0.05, 0.1) is 13.1 Å². The number of hydrogen-bond acceptors (Lipinski definition) is 8. The first-order chi connectivity index (χ1) is 12.6. The Morgan fingerprint density at radius 2 is 2.00 bits per heavy atom. The number of thiophene rings is 1. The van der Waals surface area contributed by atoms with Crippen LogP contribution in [-0.2, 0) is 33.1 Å². The lowest BCUT2D eigenvalue weighted by molar-refractivity contribution is 0.340. The van der Waals surface area contributed by atoms with Gasteiger partial charge in [-0.25, -0.2) is 8.42 Å². The second-order valence-electron chi connectivity index (χ2n) is 6.39. The number of aliphatic imine (C=N–C) groups is 1. The van der Waals surface area contributed by atoms with E-state index in [1.165, 1.54) is 16.7 Å². The predicted octanol–water partition coefficient (Wildman–Crippen LogP) is 0.940. The zero-order chi connectivity index (χ0) is 19.8. The molecule has 1 aliphatic rings. The Hall–Kier alpha value is -1.73. The number of furan rings is 1. The van der Waals surface area contributed by atoms with Gasteiger partial charge < -0.3 is 9.32 Å². The maximum atomic E-state index is 12.0. The van der Waals surface area contributed by atoms with Crippen LogP contribution in [0.15, 0.2) is 37.2 Å². The van der Waals surface area contributed by atoms with E-state index in [2.05, 4.69) is 9.71 Å². The number of nitrogens with one attached hydrogen (secondary N) is 1. The number of nitrogens with zero attached hydrogens (tertiary/aromatic N) is 2. The monoisotopic (exact) mass is 433 g/mol. The Bertz CT molecular complexity index is 1070. The van der Waals surface area contributed by atoms with Crippen LogP contribution in [0.4, 0.5) is 0 Å². The first kappa shape index (κ1) is 20.0. The lowest BCUT2D eigenvalue weighted by Crippen LogP contribution is -2.29. The fraction of sp³-hybridized carbons (Fsp3) is 0.400. The van der Waals surface area contributed by atoms with E-state index in [0.717, 1.165) is 0 Å². The van der Waals surface area contributed by atoms with Gasteiger partial charge >= 0.3 is 0 Å². The molecule has 27 heavy (non-hydrogen) atoms. The maximum Gasteiger partial charge on any atom is 0.270 e. The second-order valence-corrected chi connectivity index (χ2v) is 10.5. The fourth-order valence-electron chi connectivity index (χ4n) is 2.63. The summed E-state index contributed by atoms with van der Waals surface area (Å²) in [5.41, 5.74) is 0.403. The van der Waals surface area contributed by atoms with Crippen molar-refractivity contribution < 1.29 is 25.8 Å². The van der Waals surface area contributed by atoms with Crippen molar-refractivity contribution in [3.05, 3.63) is 40.0 Å². The number of rotatable bonds is 7. The van der Waals surface area contributed by atoms with Crippen LogP contribution in [-0.4, -0.2) is 58.0 Å². The molecule has 0 amide bonds. The minimum absolute atomic E-state index is 0.0765. The predicted molar refractivity (Wildman–Crippen MR) is 101 cm³/mol. The van der Waals surface area contributed by atoms with Gasteiger partial charge in [-0.2, -0.15) is 19.8 Å². The highest BCUT2D eigenvalue weighted by atomic mass is 32.2. The van der Waals surface area contributed by atoms with Crippen LogP contribution in [0, 0.1) is 0 Å². The zero-order valence-electron chi connectivity index (χ0n) is 14.6.